The molecule has 0 unspecified atom stereocenters. The molecule has 0 aliphatic heterocycles. The fourth-order valence-electron chi connectivity index (χ4n) is 3.43. The van der Waals surface area contributed by atoms with E-state index in [1.165, 1.54) is 6.08 Å². The van der Waals surface area contributed by atoms with Crippen LogP contribution in [0.4, 0.5) is 11.4 Å². The number of benzene rings is 3. The van der Waals surface area contributed by atoms with Gasteiger partial charge in [0.15, 0.2) is 18.1 Å². The third kappa shape index (κ3) is 7.97. The van der Waals surface area contributed by atoms with E-state index in [9.17, 15) is 14.9 Å². The molecule has 0 atom stereocenters. The largest absolute Gasteiger partial charge is 0.490 e. The summed E-state index contributed by atoms with van der Waals surface area (Å²) < 4.78 is 12.2. The van der Waals surface area contributed by atoms with Crippen LogP contribution in [-0.2, 0) is 9.59 Å². The standard InChI is InChI=1S/C28H25ClIN3O4/c1-4-36-25-13-19(11-20(15-31)28(35)32-22-7-5-6-21(29)14-22)12-23(30)27(25)37-16-26(34)33-24-9-8-17(2)10-18(24)3/h5-14H,4,16H2,1-3H3,(H,32,35)(H,33,34)/b20-11-. The van der Waals surface area contributed by atoms with Crippen LogP contribution in [-0.4, -0.2) is 25.0 Å². The Bertz CT molecular complexity index is 1400. The lowest BCUT2D eigenvalue weighted by Crippen LogP contribution is -2.21. The number of nitrogens with one attached hydrogen (secondary N) is 2. The maximum atomic E-state index is 12.6. The fraction of sp³-hybridized carbons (Fsp3) is 0.179. The zero-order chi connectivity index (χ0) is 26.9. The molecule has 2 amide bonds. The number of aryl methyl sites for hydroxylation is 2. The zero-order valence-corrected chi connectivity index (χ0v) is 23.4. The highest BCUT2D eigenvalue weighted by Crippen LogP contribution is 2.35. The van der Waals surface area contributed by atoms with Crippen LogP contribution in [0.25, 0.3) is 6.08 Å². The molecule has 0 radical (unpaired) electrons. The van der Waals surface area contributed by atoms with E-state index in [2.05, 4.69) is 33.2 Å². The average molecular weight is 630 g/mol. The molecule has 0 spiro atoms. The molecule has 0 heterocycles. The Morgan fingerprint density at radius 1 is 1.08 bits per heavy atom. The first-order chi connectivity index (χ1) is 17.7. The lowest BCUT2D eigenvalue weighted by atomic mass is 10.1. The van der Waals surface area contributed by atoms with Crippen molar-refractivity contribution in [2.24, 2.45) is 0 Å². The summed E-state index contributed by atoms with van der Waals surface area (Å²) in [6, 6.07) is 17.8. The van der Waals surface area contributed by atoms with E-state index in [1.807, 2.05) is 45.0 Å². The van der Waals surface area contributed by atoms with Crippen LogP contribution in [0.2, 0.25) is 5.02 Å². The van der Waals surface area contributed by atoms with Gasteiger partial charge in [0.1, 0.15) is 11.6 Å². The Balaban J connectivity index is 1.77. The van der Waals surface area contributed by atoms with Crippen LogP contribution < -0.4 is 20.1 Å². The summed E-state index contributed by atoms with van der Waals surface area (Å²) in [5.74, 6) is -0.0791. The van der Waals surface area contributed by atoms with Crippen molar-refractivity contribution >= 4 is 63.5 Å². The molecule has 0 bridgehead atoms. The molecule has 0 saturated carbocycles. The second kappa shape index (κ2) is 13.1. The van der Waals surface area contributed by atoms with E-state index >= 15 is 0 Å². The Morgan fingerprint density at radius 2 is 1.86 bits per heavy atom. The summed E-state index contributed by atoms with van der Waals surface area (Å²) in [6.45, 7) is 5.88. The van der Waals surface area contributed by atoms with Crippen molar-refractivity contribution in [1.29, 1.82) is 5.26 Å². The number of carbonyl (C=O) groups excluding carboxylic acids is 2. The molecule has 2 N–H and O–H groups in total. The molecule has 0 saturated heterocycles. The topological polar surface area (TPSA) is 100 Å². The van der Waals surface area contributed by atoms with Gasteiger partial charge in [-0.25, -0.2) is 0 Å². The molecule has 3 aromatic rings. The summed E-state index contributed by atoms with van der Waals surface area (Å²) >= 11 is 8.03. The van der Waals surface area contributed by atoms with Gasteiger partial charge in [0.25, 0.3) is 11.8 Å². The Morgan fingerprint density at radius 3 is 2.54 bits per heavy atom. The number of nitrogens with zero attached hydrogens (tertiary/aromatic N) is 1. The van der Waals surface area contributed by atoms with Gasteiger partial charge in [0.2, 0.25) is 0 Å². The van der Waals surface area contributed by atoms with E-state index in [-0.39, 0.29) is 18.1 Å². The summed E-state index contributed by atoms with van der Waals surface area (Å²) in [6.07, 6.45) is 1.46. The second-order valence-electron chi connectivity index (χ2n) is 8.05. The van der Waals surface area contributed by atoms with Crippen molar-refractivity contribution in [3.05, 3.63) is 85.5 Å². The first-order valence-corrected chi connectivity index (χ1v) is 12.8. The normalized spacial score (nSPS) is 10.9. The molecule has 3 aromatic carbocycles. The smallest absolute Gasteiger partial charge is 0.266 e. The van der Waals surface area contributed by atoms with E-state index in [1.54, 1.807) is 36.4 Å². The van der Waals surface area contributed by atoms with Gasteiger partial charge in [-0.05, 0) is 97.0 Å². The highest BCUT2D eigenvalue weighted by Gasteiger charge is 2.16. The van der Waals surface area contributed by atoms with E-state index in [4.69, 9.17) is 21.1 Å². The van der Waals surface area contributed by atoms with E-state index < -0.39 is 5.91 Å². The van der Waals surface area contributed by atoms with Crippen LogP contribution in [0.15, 0.2) is 60.2 Å². The van der Waals surface area contributed by atoms with Crippen molar-refractivity contribution in [3.63, 3.8) is 0 Å². The molecule has 9 heteroatoms. The highest BCUT2D eigenvalue weighted by atomic mass is 127. The van der Waals surface area contributed by atoms with Crippen LogP contribution in [0.3, 0.4) is 0 Å². The molecule has 3 rings (SSSR count). The molecular formula is C28H25ClIN3O4. The zero-order valence-electron chi connectivity index (χ0n) is 20.5. The summed E-state index contributed by atoms with van der Waals surface area (Å²) in [4.78, 5) is 25.2. The number of anilines is 2. The second-order valence-corrected chi connectivity index (χ2v) is 9.65. The number of carbonyl (C=O) groups is 2. The van der Waals surface area contributed by atoms with Gasteiger partial charge in [0, 0.05) is 16.4 Å². The highest BCUT2D eigenvalue weighted by molar-refractivity contribution is 14.1. The predicted molar refractivity (Wildman–Crippen MR) is 154 cm³/mol. The monoisotopic (exact) mass is 629 g/mol. The summed E-state index contributed by atoms with van der Waals surface area (Å²) in [5, 5.41) is 15.6. The number of amides is 2. The molecule has 37 heavy (non-hydrogen) atoms. The number of ether oxygens (including phenoxy) is 2. The van der Waals surface area contributed by atoms with Gasteiger partial charge in [0.05, 0.1) is 10.2 Å². The number of halogens is 2. The van der Waals surface area contributed by atoms with Gasteiger partial charge in [-0.2, -0.15) is 5.26 Å². The van der Waals surface area contributed by atoms with Gasteiger partial charge < -0.3 is 20.1 Å². The molecule has 7 nitrogen and oxygen atoms in total. The van der Waals surface area contributed by atoms with Crippen molar-refractivity contribution in [3.8, 4) is 17.6 Å². The average Bonchev–Trinajstić information content (AvgIpc) is 2.84. The van der Waals surface area contributed by atoms with Gasteiger partial charge >= 0.3 is 0 Å². The van der Waals surface area contributed by atoms with Gasteiger partial charge in [-0.3, -0.25) is 9.59 Å². The SMILES string of the molecule is CCOc1cc(/C=C(/C#N)C(=O)Nc2cccc(Cl)c2)cc(I)c1OCC(=O)Nc1ccc(C)cc1C. The Kier molecular flexibility index (Phi) is 9.94. The molecule has 190 valence electrons. The van der Waals surface area contributed by atoms with Crippen molar-refractivity contribution in [2.75, 3.05) is 23.8 Å². The van der Waals surface area contributed by atoms with E-state index in [0.29, 0.717) is 37.9 Å². The fourth-order valence-corrected chi connectivity index (χ4v) is 4.40. The van der Waals surface area contributed by atoms with Crippen molar-refractivity contribution in [1.82, 2.24) is 0 Å². The number of hydrogen-bond acceptors (Lipinski definition) is 5. The maximum Gasteiger partial charge on any atom is 0.266 e. The molecule has 0 aromatic heterocycles. The molecule has 0 fully saturated rings. The molecular weight excluding hydrogens is 605 g/mol. The third-order valence-electron chi connectivity index (χ3n) is 5.09. The van der Waals surface area contributed by atoms with E-state index in [0.717, 1.165) is 16.8 Å². The van der Waals surface area contributed by atoms with Crippen LogP contribution >= 0.6 is 34.2 Å². The first-order valence-electron chi connectivity index (χ1n) is 11.3. The summed E-state index contributed by atoms with van der Waals surface area (Å²) in [7, 11) is 0. The van der Waals surface area contributed by atoms with Gasteiger partial charge in [-0.1, -0.05) is 35.4 Å². The van der Waals surface area contributed by atoms with Crippen LogP contribution in [0.1, 0.15) is 23.6 Å². The predicted octanol–water partition coefficient (Wildman–Crippen LogP) is 6.52. The minimum absolute atomic E-state index is 0.0975. The lowest BCUT2D eigenvalue weighted by molar-refractivity contribution is -0.118. The third-order valence-corrected chi connectivity index (χ3v) is 6.13. The van der Waals surface area contributed by atoms with Crippen molar-refractivity contribution in [2.45, 2.75) is 20.8 Å². The first kappa shape index (κ1) is 28.0. The van der Waals surface area contributed by atoms with Crippen LogP contribution in [0, 0.1) is 28.7 Å². The molecule has 0 aliphatic rings. The Hall–Kier alpha value is -3.55. The number of nitriles is 1. The van der Waals surface area contributed by atoms with Gasteiger partial charge in [-0.15, -0.1) is 0 Å². The minimum Gasteiger partial charge on any atom is -0.490 e. The quantitative estimate of drug-likeness (QED) is 0.159. The van der Waals surface area contributed by atoms with Crippen molar-refractivity contribution < 1.29 is 19.1 Å². The lowest BCUT2D eigenvalue weighted by Gasteiger charge is -2.15. The number of hydrogen-bond donors (Lipinski definition) is 2. The minimum atomic E-state index is -0.568. The molecule has 0 aliphatic carbocycles. The van der Waals surface area contributed by atoms with Crippen LogP contribution in [0.5, 0.6) is 11.5 Å². The number of rotatable bonds is 9. The Labute approximate surface area is 234 Å². The summed E-state index contributed by atoms with van der Waals surface area (Å²) in [5.41, 5.74) is 3.74. The maximum absolute atomic E-state index is 12.6.